The lowest BCUT2D eigenvalue weighted by molar-refractivity contribution is 0.527. The maximum absolute atomic E-state index is 4.59. The molecule has 1 heterocycles. The fourth-order valence-corrected chi connectivity index (χ4v) is 3.77. The zero-order chi connectivity index (χ0) is 12.3. The van der Waals surface area contributed by atoms with Crippen molar-refractivity contribution in [3.05, 3.63) is 9.98 Å². The fraction of sp³-hybridized carbons (Fsp3) is 0.769. The van der Waals surface area contributed by atoms with E-state index in [0.29, 0.717) is 0 Å². The highest BCUT2D eigenvalue weighted by Gasteiger charge is 2.24. The minimum atomic E-state index is 0.729. The summed E-state index contributed by atoms with van der Waals surface area (Å²) in [6.07, 6.45) is 6.71. The van der Waals surface area contributed by atoms with E-state index in [9.17, 15) is 0 Å². The second-order valence-corrected chi connectivity index (χ2v) is 6.92. The van der Waals surface area contributed by atoms with Crippen LogP contribution in [0.25, 0.3) is 0 Å². The summed E-state index contributed by atoms with van der Waals surface area (Å²) in [6, 6.07) is 0.729. The van der Waals surface area contributed by atoms with Crippen LogP contribution >= 0.6 is 27.3 Å². The van der Waals surface area contributed by atoms with Crippen molar-refractivity contribution in [2.45, 2.75) is 52.0 Å². The molecule has 1 aliphatic rings. The van der Waals surface area contributed by atoms with Crippen LogP contribution in [0.15, 0.2) is 9.98 Å². The number of nitrogens with zero attached hydrogens (tertiary/aromatic N) is 2. The lowest BCUT2D eigenvalue weighted by atomic mass is 10.1. The summed E-state index contributed by atoms with van der Waals surface area (Å²) in [5, 5.41) is 3.29. The Labute approximate surface area is 117 Å². The molecule has 17 heavy (non-hydrogen) atoms. The predicted octanol–water partition coefficient (Wildman–Crippen LogP) is 4.70. The normalized spacial score (nSPS) is 16.9. The highest BCUT2D eigenvalue weighted by molar-refractivity contribution is 9.10. The van der Waals surface area contributed by atoms with Crippen molar-refractivity contribution in [2.75, 3.05) is 11.4 Å². The summed E-state index contributed by atoms with van der Waals surface area (Å²) < 4.78 is 0.977. The summed E-state index contributed by atoms with van der Waals surface area (Å²) in [6.45, 7) is 5.75. The van der Waals surface area contributed by atoms with E-state index in [-0.39, 0.29) is 0 Å². The van der Waals surface area contributed by atoms with E-state index in [2.05, 4.69) is 45.0 Å². The number of aromatic nitrogens is 1. The Kier molecular flexibility index (Phi) is 4.86. The van der Waals surface area contributed by atoms with E-state index >= 15 is 0 Å². The molecule has 2 nitrogen and oxygen atoms in total. The first kappa shape index (κ1) is 13.3. The molecule has 0 unspecified atom stereocenters. The maximum atomic E-state index is 4.59. The Morgan fingerprint density at radius 1 is 1.47 bits per heavy atom. The third-order valence-electron chi connectivity index (χ3n) is 3.42. The van der Waals surface area contributed by atoms with Crippen LogP contribution in [0.4, 0.5) is 5.13 Å². The molecule has 0 aliphatic heterocycles. The van der Waals surface area contributed by atoms with E-state index < -0.39 is 0 Å². The van der Waals surface area contributed by atoms with Crippen LogP contribution < -0.4 is 4.90 Å². The molecule has 1 fully saturated rings. The van der Waals surface area contributed by atoms with Crippen LogP contribution in [0.1, 0.15) is 46.0 Å². The van der Waals surface area contributed by atoms with Crippen molar-refractivity contribution in [3.8, 4) is 0 Å². The largest absolute Gasteiger partial charge is 0.345 e. The van der Waals surface area contributed by atoms with Crippen molar-refractivity contribution < 1.29 is 0 Å². The molecule has 0 bridgehead atoms. The maximum Gasteiger partial charge on any atom is 0.186 e. The molecular weight excluding hydrogens is 296 g/mol. The van der Waals surface area contributed by atoms with Gasteiger partial charge in [-0.05, 0) is 41.1 Å². The zero-order valence-electron chi connectivity index (χ0n) is 10.7. The van der Waals surface area contributed by atoms with E-state index in [1.54, 1.807) is 11.3 Å². The van der Waals surface area contributed by atoms with Crippen LogP contribution in [0.3, 0.4) is 0 Å². The minimum Gasteiger partial charge on any atom is -0.345 e. The van der Waals surface area contributed by atoms with Crippen LogP contribution in [0.2, 0.25) is 0 Å². The first-order valence-corrected chi connectivity index (χ1v) is 8.21. The SMILES string of the molecule is CC(C)CCN(c1nc(Br)cs1)C1CCCC1. The molecular formula is C13H21BrN2S. The van der Waals surface area contributed by atoms with E-state index in [4.69, 9.17) is 0 Å². The molecule has 0 saturated heterocycles. The number of rotatable bonds is 5. The Morgan fingerprint density at radius 2 is 2.18 bits per heavy atom. The first-order valence-electron chi connectivity index (χ1n) is 6.54. The lowest BCUT2D eigenvalue weighted by Crippen LogP contribution is -2.34. The van der Waals surface area contributed by atoms with Gasteiger partial charge in [0, 0.05) is 18.0 Å². The summed E-state index contributed by atoms with van der Waals surface area (Å²) >= 11 is 5.23. The number of anilines is 1. The second-order valence-electron chi connectivity index (χ2n) is 5.27. The summed E-state index contributed by atoms with van der Waals surface area (Å²) in [5.41, 5.74) is 0. The van der Waals surface area contributed by atoms with E-state index in [1.807, 2.05) is 0 Å². The van der Waals surface area contributed by atoms with E-state index in [0.717, 1.165) is 23.1 Å². The number of halogens is 1. The monoisotopic (exact) mass is 316 g/mol. The molecule has 4 heteroatoms. The third-order valence-corrected chi connectivity index (χ3v) is 5.01. The van der Waals surface area contributed by atoms with Gasteiger partial charge in [-0.15, -0.1) is 11.3 Å². The number of hydrogen-bond acceptors (Lipinski definition) is 3. The lowest BCUT2D eigenvalue weighted by Gasteiger charge is -2.29. The van der Waals surface area contributed by atoms with Crippen molar-refractivity contribution in [1.29, 1.82) is 0 Å². The Hall–Kier alpha value is -0.0900. The van der Waals surface area contributed by atoms with Crippen LogP contribution in [-0.2, 0) is 0 Å². The van der Waals surface area contributed by atoms with Gasteiger partial charge in [-0.1, -0.05) is 26.7 Å². The highest BCUT2D eigenvalue weighted by Crippen LogP contribution is 2.32. The molecule has 96 valence electrons. The second kappa shape index (κ2) is 6.19. The number of thiazole rings is 1. The molecule has 1 aromatic rings. The van der Waals surface area contributed by atoms with E-state index in [1.165, 1.54) is 37.2 Å². The predicted molar refractivity (Wildman–Crippen MR) is 78.9 cm³/mol. The quantitative estimate of drug-likeness (QED) is 0.782. The summed E-state index contributed by atoms with van der Waals surface area (Å²) in [4.78, 5) is 7.14. The minimum absolute atomic E-state index is 0.729. The molecule has 0 N–H and O–H groups in total. The van der Waals surface area contributed by atoms with Crippen molar-refractivity contribution in [1.82, 2.24) is 4.98 Å². The summed E-state index contributed by atoms with van der Waals surface area (Å²) in [7, 11) is 0. The molecule has 0 amide bonds. The Balaban J connectivity index is 2.05. The third kappa shape index (κ3) is 3.68. The van der Waals surface area contributed by atoms with Crippen LogP contribution in [0.5, 0.6) is 0 Å². The average molecular weight is 317 g/mol. The van der Waals surface area contributed by atoms with Gasteiger partial charge in [-0.2, -0.15) is 0 Å². The molecule has 1 aromatic heterocycles. The van der Waals surface area contributed by atoms with Gasteiger partial charge in [0.05, 0.1) is 0 Å². The van der Waals surface area contributed by atoms with Gasteiger partial charge in [0.2, 0.25) is 0 Å². The molecule has 0 atom stereocenters. The van der Waals surface area contributed by atoms with Crippen LogP contribution in [-0.4, -0.2) is 17.6 Å². The highest BCUT2D eigenvalue weighted by atomic mass is 79.9. The van der Waals surface area contributed by atoms with Crippen LogP contribution in [0, 0.1) is 5.92 Å². The first-order chi connectivity index (χ1) is 8.16. The molecule has 0 radical (unpaired) electrons. The standard InChI is InChI=1S/C13H21BrN2S/c1-10(2)7-8-16(11-5-3-4-6-11)13-15-12(14)9-17-13/h9-11H,3-8H2,1-2H3. The molecule has 1 aliphatic carbocycles. The molecule has 2 rings (SSSR count). The van der Waals surface area contributed by atoms with Gasteiger partial charge in [0.25, 0.3) is 0 Å². The van der Waals surface area contributed by atoms with Gasteiger partial charge >= 0.3 is 0 Å². The van der Waals surface area contributed by atoms with Gasteiger partial charge in [0.15, 0.2) is 5.13 Å². The van der Waals surface area contributed by atoms with Crippen molar-refractivity contribution >= 4 is 32.4 Å². The smallest absolute Gasteiger partial charge is 0.186 e. The molecule has 0 aromatic carbocycles. The van der Waals surface area contributed by atoms with Crippen molar-refractivity contribution in [2.24, 2.45) is 5.92 Å². The van der Waals surface area contributed by atoms with Gasteiger partial charge < -0.3 is 4.90 Å². The van der Waals surface area contributed by atoms with Gasteiger partial charge in [0.1, 0.15) is 4.60 Å². The van der Waals surface area contributed by atoms with Crippen molar-refractivity contribution in [3.63, 3.8) is 0 Å². The van der Waals surface area contributed by atoms with Gasteiger partial charge in [-0.3, -0.25) is 0 Å². The average Bonchev–Trinajstić information content (AvgIpc) is 2.90. The molecule has 1 saturated carbocycles. The van der Waals surface area contributed by atoms with Gasteiger partial charge in [-0.25, -0.2) is 4.98 Å². The fourth-order valence-electron chi connectivity index (χ4n) is 2.42. The zero-order valence-corrected chi connectivity index (χ0v) is 13.1. The number of hydrogen-bond donors (Lipinski definition) is 0. The Bertz CT molecular complexity index is 345. The topological polar surface area (TPSA) is 16.1 Å². The summed E-state index contributed by atoms with van der Waals surface area (Å²) in [5.74, 6) is 0.766. The Morgan fingerprint density at radius 3 is 2.71 bits per heavy atom. The molecule has 0 spiro atoms.